The number of para-hydroxylation sites is 1. The molecule has 0 radical (unpaired) electrons. The lowest BCUT2D eigenvalue weighted by Crippen LogP contribution is -2.22. The lowest BCUT2D eigenvalue weighted by molar-refractivity contribution is -0.135. The van der Waals surface area contributed by atoms with Crippen molar-refractivity contribution in [3.05, 3.63) is 83.2 Å². The van der Waals surface area contributed by atoms with Gasteiger partial charge < -0.3 is 14.6 Å². The Labute approximate surface area is 167 Å². The molecular weight excluding hydrogens is 370 g/mol. The summed E-state index contributed by atoms with van der Waals surface area (Å²) in [6.45, 7) is 1.65. The van der Waals surface area contributed by atoms with E-state index in [0.29, 0.717) is 11.3 Å². The number of aromatic nitrogens is 1. The molecule has 0 bridgehead atoms. The average molecular weight is 389 g/mol. The van der Waals surface area contributed by atoms with Crippen LogP contribution < -0.4 is 9.47 Å². The van der Waals surface area contributed by atoms with Gasteiger partial charge >= 0.3 is 5.97 Å². The number of fused-ring (bicyclic) bond motifs is 1. The number of ketones is 1. The first-order chi connectivity index (χ1) is 14.0. The summed E-state index contributed by atoms with van der Waals surface area (Å²) in [7, 11) is 0. The number of nitrogens with zero attached hydrogens (tertiary/aromatic N) is 1. The van der Waals surface area contributed by atoms with Gasteiger partial charge in [0.25, 0.3) is 0 Å². The van der Waals surface area contributed by atoms with Crippen LogP contribution in [-0.2, 0) is 11.4 Å². The topological polar surface area (TPSA) is 85.7 Å². The van der Waals surface area contributed by atoms with Crippen LogP contribution in [-0.4, -0.2) is 21.8 Å². The summed E-state index contributed by atoms with van der Waals surface area (Å²) in [4.78, 5) is 28.3. The lowest BCUT2D eigenvalue weighted by atomic mass is 9.84. The van der Waals surface area contributed by atoms with Crippen molar-refractivity contribution in [3.8, 4) is 17.2 Å². The number of phenols is 1. The SMILES string of the molecule is CC(=O)c1ccc2c(c1O)[C@H](c1ccccc1OCc1ccccn1)CC(=O)O2. The second-order valence-electron chi connectivity index (χ2n) is 6.81. The zero-order chi connectivity index (χ0) is 20.4. The van der Waals surface area contributed by atoms with Gasteiger partial charge in [-0.05, 0) is 37.3 Å². The number of benzene rings is 2. The van der Waals surface area contributed by atoms with Crippen molar-refractivity contribution >= 4 is 11.8 Å². The smallest absolute Gasteiger partial charge is 0.312 e. The molecule has 6 heteroatoms. The van der Waals surface area contributed by atoms with Gasteiger partial charge in [0.15, 0.2) is 5.78 Å². The first-order valence-corrected chi connectivity index (χ1v) is 9.23. The van der Waals surface area contributed by atoms with Crippen molar-refractivity contribution in [1.29, 1.82) is 0 Å². The van der Waals surface area contributed by atoms with E-state index in [9.17, 15) is 14.7 Å². The highest BCUT2D eigenvalue weighted by molar-refractivity contribution is 5.98. The second-order valence-corrected chi connectivity index (χ2v) is 6.81. The summed E-state index contributed by atoms with van der Waals surface area (Å²) >= 11 is 0. The van der Waals surface area contributed by atoms with Gasteiger partial charge in [-0.2, -0.15) is 0 Å². The summed E-state index contributed by atoms with van der Waals surface area (Å²) in [5.41, 5.74) is 2.12. The maximum atomic E-state index is 12.2. The van der Waals surface area contributed by atoms with Gasteiger partial charge in [0.05, 0.1) is 17.7 Å². The first-order valence-electron chi connectivity index (χ1n) is 9.23. The molecule has 1 aliphatic rings. The van der Waals surface area contributed by atoms with E-state index in [4.69, 9.17) is 9.47 Å². The van der Waals surface area contributed by atoms with Crippen LogP contribution in [0.15, 0.2) is 60.8 Å². The molecular formula is C23H19NO5. The molecule has 146 valence electrons. The third kappa shape index (κ3) is 3.69. The zero-order valence-electron chi connectivity index (χ0n) is 15.8. The molecule has 0 spiro atoms. The lowest BCUT2D eigenvalue weighted by Gasteiger charge is -2.27. The normalized spacial score (nSPS) is 15.3. The number of aromatic hydroxyl groups is 1. The number of ether oxygens (including phenoxy) is 2. The van der Waals surface area contributed by atoms with Crippen molar-refractivity contribution in [2.75, 3.05) is 0 Å². The molecule has 1 N–H and O–H groups in total. The number of hydrogen-bond donors (Lipinski definition) is 1. The van der Waals surface area contributed by atoms with Crippen LogP contribution in [0.1, 0.15) is 46.4 Å². The van der Waals surface area contributed by atoms with Crippen LogP contribution >= 0.6 is 0 Å². The molecule has 0 aliphatic carbocycles. The molecule has 0 saturated heterocycles. The minimum atomic E-state index is -0.495. The third-order valence-electron chi connectivity index (χ3n) is 4.90. The van der Waals surface area contributed by atoms with E-state index in [1.165, 1.54) is 13.0 Å². The third-order valence-corrected chi connectivity index (χ3v) is 4.90. The fraction of sp³-hybridized carbons (Fsp3) is 0.174. The largest absolute Gasteiger partial charge is 0.507 e. The molecule has 1 atom stereocenters. The van der Waals surface area contributed by atoms with Gasteiger partial charge in [0, 0.05) is 23.2 Å². The molecule has 6 nitrogen and oxygen atoms in total. The summed E-state index contributed by atoms with van der Waals surface area (Å²) in [6, 6.07) is 15.9. The number of pyridine rings is 1. The minimum absolute atomic E-state index is 0.0336. The van der Waals surface area contributed by atoms with Crippen LogP contribution in [0.3, 0.4) is 0 Å². The standard InChI is InChI=1S/C23H19NO5/c1-14(25)16-9-10-20-22(23(16)27)18(12-21(26)29-20)17-7-2-3-8-19(17)28-13-15-6-4-5-11-24-15/h2-11,18,27H,12-13H2,1H3/t18-/m0/s1. The van der Waals surface area contributed by atoms with Crippen molar-refractivity contribution in [1.82, 2.24) is 4.98 Å². The minimum Gasteiger partial charge on any atom is -0.507 e. The van der Waals surface area contributed by atoms with Crippen LogP contribution in [0.5, 0.6) is 17.2 Å². The van der Waals surface area contributed by atoms with E-state index in [1.54, 1.807) is 12.3 Å². The predicted octanol–water partition coefficient (Wildman–Crippen LogP) is 4.01. The molecule has 1 aliphatic heterocycles. The second kappa shape index (κ2) is 7.75. The van der Waals surface area contributed by atoms with E-state index >= 15 is 0 Å². The Kier molecular flexibility index (Phi) is 4.99. The zero-order valence-corrected chi connectivity index (χ0v) is 15.8. The molecule has 1 aromatic heterocycles. The van der Waals surface area contributed by atoms with Gasteiger partial charge in [-0.15, -0.1) is 0 Å². The Morgan fingerprint density at radius 3 is 2.72 bits per heavy atom. The maximum absolute atomic E-state index is 12.2. The summed E-state index contributed by atoms with van der Waals surface area (Å²) in [5.74, 6) is -0.486. The van der Waals surface area contributed by atoms with Gasteiger partial charge in [0.2, 0.25) is 0 Å². The fourth-order valence-corrected chi connectivity index (χ4v) is 3.53. The highest BCUT2D eigenvalue weighted by atomic mass is 16.5. The number of hydrogen-bond acceptors (Lipinski definition) is 6. The molecule has 0 saturated carbocycles. The first kappa shape index (κ1) is 18.7. The Balaban J connectivity index is 1.75. The molecule has 2 heterocycles. The van der Waals surface area contributed by atoms with Gasteiger partial charge in [-0.1, -0.05) is 24.3 Å². The van der Waals surface area contributed by atoms with Gasteiger partial charge in [0.1, 0.15) is 23.9 Å². The number of Topliss-reactive ketones (excluding diaryl/α,β-unsaturated/α-hetero) is 1. The number of carbonyl (C=O) groups excluding carboxylic acids is 2. The summed E-state index contributed by atoms with van der Waals surface area (Å²) in [6.07, 6.45) is 1.73. The molecule has 29 heavy (non-hydrogen) atoms. The Morgan fingerprint density at radius 2 is 1.97 bits per heavy atom. The highest BCUT2D eigenvalue weighted by Crippen LogP contribution is 2.47. The van der Waals surface area contributed by atoms with Crippen LogP contribution in [0, 0.1) is 0 Å². The molecule has 0 fully saturated rings. The van der Waals surface area contributed by atoms with Crippen LogP contribution in [0.25, 0.3) is 0 Å². The van der Waals surface area contributed by atoms with Gasteiger partial charge in [-0.25, -0.2) is 0 Å². The summed E-state index contributed by atoms with van der Waals surface area (Å²) < 4.78 is 11.3. The van der Waals surface area contributed by atoms with Crippen molar-refractivity contribution in [3.63, 3.8) is 0 Å². The van der Waals surface area contributed by atoms with Crippen molar-refractivity contribution in [2.45, 2.75) is 25.9 Å². The molecule has 4 rings (SSSR count). The number of esters is 1. The van der Waals surface area contributed by atoms with Gasteiger partial charge in [-0.3, -0.25) is 14.6 Å². The Morgan fingerprint density at radius 1 is 1.17 bits per heavy atom. The molecule has 0 unspecified atom stereocenters. The molecule has 3 aromatic rings. The Hall–Kier alpha value is -3.67. The number of phenolic OH excluding ortho intramolecular Hbond substituents is 1. The Bertz CT molecular complexity index is 1080. The number of carbonyl (C=O) groups is 2. The van der Waals surface area contributed by atoms with Crippen LogP contribution in [0.2, 0.25) is 0 Å². The monoisotopic (exact) mass is 389 g/mol. The van der Waals surface area contributed by atoms with Crippen LogP contribution in [0.4, 0.5) is 0 Å². The average Bonchev–Trinajstić information content (AvgIpc) is 2.72. The maximum Gasteiger partial charge on any atom is 0.312 e. The van der Waals surface area contributed by atoms with Crippen molar-refractivity contribution in [2.24, 2.45) is 0 Å². The van der Waals surface area contributed by atoms with E-state index in [0.717, 1.165) is 11.3 Å². The summed E-state index contributed by atoms with van der Waals surface area (Å²) in [5, 5.41) is 10.8. The number of rotatable bonds is 5. The predicted molar refractivity (Wildman–Crippen MR) is 105 cm³/mol. The van der Waals surface area contributed by atoms with E-state index in [-0.39, 0.29) is 35.9 Å². The fourth-order valence-electron chi connectivity index (χ4n) is 3.53. The highest BCUT2D eigenvalue weighted by Gasteiger charge is 2.34. The van der Waals surface area contributed by atoms with E-state index in [2.05, 4.69) is 4.98 Å². The van der Waals surface area contributed by atoms with E-state index in [1.807, 2.05) is 42.5 Å². The van der Waals surface area contributed by atoms with E-state index < -0.39 is 11.9 Å². The molecule has 2 aromatic carbocycles. The molecule has 0 amide bonds. The quantitative estimate of drug-likeness (QED) is 0.403. The van der Waals surface area contributed by atoms with Crippen molar-refractivity contribution < 1.29 is 24.2 Å².